The molecule has 0 amide bonds. The molecule has 2 aliphatic carbocycles. The average molecular weight is 163 g/mol. The number of allylic oxidation sites excluding steroid dienone is 2. The predicted octanol–water partition coefficient (Wildman–Crippen LogP) is 2.40. The molecule has 12 heavy (non-hydrogen) atoms. The van der Waals surface area contributed by atoms with Gasteiger partial charge in [-0.3, -0.25) is 0 Å². The minimum absolute atomic E-state index is 0.644. The van der Waals surface area contributed by atoms with Crippen LogP contribution in [0.2, 0.25) is 0 Å². The lowest BCUT2D eigenvalue weighted by Gasteiger charge is -2.29. The van der Waals surface area contributed by atoms with E-state index in [0.29, 0.717) is 6.04 Å². The second kappa shape index (κ2) is 3.44. The first-order chi connectivity index (χ1) is 5.92. The van der Waals surface area contributed by atoms with Crippen LogP contribution in [0, 0.1) is 0 Å². The maximum Gasteiger partial charge on any atom is 0.0317 e. The topological polar surface area (TPSA) is 12.0 Å². The normalized spacial score (nSPS) is 28.9. The van der Waals surface area contributed by atoms with Gasteiger partial charge in [-0.15, -0.1) is 0 Å². The molecule has 2 rings (SSSR count). The Morgan fingerprint density at radius 1 is 1.33 bits per heavy atom. The van der Waals surface area contributed by atoms with Gasteiger partial charge < -0.3 is 5.32 Å². The Morgan fingerprint density at radius 3 is 3.00 bits per heavy atom. The first-order valence-electron chi connectivity index (χ1n) is 4.98. The molecule has 2 aliphatic rings. The predicted molar refractivity (Wildman–Crippen MR) is 52.1 cm³/mol. The van der Waals surface area contributed by atoms with Crippen molar-refractivity contribution < 1.29 is 0 Å². The van der Waals surface area contributed by atoms with Crippen molar-refractivity contribution in [3.05, 3.63) is 23.3 Å². The van der Waals surface area contributed by atoms with E-state index in [1.807, 2.05) is 0 Å². The quantitative estimate of drug-likeness (QED) is 0.626. The summed E-state index contributed by atoms with van der Waals surface area (Å²) in [7, 11) is 2.07. The van der Waals surface area contributed by atoms with Gasteiger partial charge in [-0.25, -0.2) is 0 Å². The number of hydrogen-bond donors (Lipinski definition) is 1. The molecule has 1 saturated carbocycles. The third-order valence-electron chi connectivity index (χ3n) is 2.96. The minimum Gasteiger partial charge on any atom is -0.313 e. The lowest BCUT2D eigenvalue weighted by molar-refractivity contribution is 0.523. The van der Waals surface area contributed by atoms with Crippen molar-refractivity contribution in [2.24, 2.45) is 0 Å². The second-order valence-electron chi connectivity index (χ2n) is 3.70. The smallest absolute Gasteiger partial charge is 0.0317 e. The van der Waals surface area contributed by atoms with Crippen LogP contribution in [0.4, 0.5) is 0 Å². The fourth-order valence-corrected chi connectivity index (χ4v) is 2.31. The highest BCUT2D eigenvalue weighted by Gasteiger charge is 2.21. The summed E-state index contributed by atoms with van der Waals surface area (Å²) in [6.45, 7) is 0. The van der Waals surface area contributed by atoms with E-state index < -0.39 is 0 Å². The second-order valence-corrected chi connectivity index (χ2v) is 3.70. The molecule has 1 fully saturated rings. The largest absolute Gasteiger partial charge is 0.313 e. The Bertz CT molecular complexity index is 225. The Morgan fingerprint density at radius 2 is 2.17 bits per heavy atom. The van der Waals surface area contributed by atoms with Crippen LogP contribution in [-0.4, -0.2) is 13.1 Å². The third kappa shape index (κ3) is 1.34. The molecule has 0 aromatic carbocycles. The lowest BCUT2D eigenvalue weighted by Crippen LogP contribution is -2.31. The number of rotatable bonds is 1. The molecule has 0 bridgehead atoms. The Kier molecular flexibility index (Phi) is 2.31. The van der Waals surface area contributed by atoms with E-state index in [0.717, 1.165) is 0 Å². The number of fused-ring (bicyclic) bond motifs is 1. The summed E-state index contributed by atoms with van der Waals surface area (Å²) < 4.78 is 0. The van der Waals surface area contributed by atoms with Crippen LogP contribution in [-0.2, 0) is 0 Å². The Labute approximate surface area is 74.5 Å². The van der Waals surface area contributed by atoms with Crippen molar-refractivity contribution in [1.29, 1.82) is 0 Å². The Hall–Kier alpha value is -0.560. The van der Waals surface area contributed by atoms with Crippen molar-refractivity contribution in [3.63, 3.8) is 0 Å². The summed E-state index contributed by atoms with van der Waals surface area (Å²) in [6.07, 6.45) is 11.3. The van der Waals surface area contributed by atoms with Crippen LogP contribution in [0.5, 0.6) is 0 Å². The third-order valence-corrected chi connectivity index (χ3v) is 2.96. The highest BCUT2D eigenvalue weighted by Crippen LogP contribution is 2.32. The van der Waals surface area contributed by atoms with E-state index >= 15 is 0 Å². The van der Waals surface area contributed by atoms with Gasteiger partial charge in [-0.2, -0.15) is 0 Å². The first kappa shape index (κ1) is 8.06. The highest BCUT2D eigenvalue weighted by molar-refractivity contribution is 5.39. The molecule has 0 spiro atoms. The zero-order valence-corrected chi connectivity index (χ0v) is 7.77. The molecule has 0 aromatic rings. The van der Waals surface area contributed by atoms with Crippen molar-refractivity contribution in [2.75, 3.05) is 7.05 Å². The molecule has 0 aromatic heterocycles. The average Bonchev–Trinajstić information content (AvgIpc) is 2.17. The maximum atomic E-state index is 3.39. The fraction of sp³-hybridized carbons (Fsp3) is 0.636. The van der Waals surface area contributed by atoms with Crippen LogP contribution in [0.15, 0.2) is 23.3 Å². The van der Waals surface area contributed by atoms with Crippen LogP contribution in [0.1, 0.15) is 32.1 Å². The van der Waals surface area contributed by atoms with E-state index in [1.54, 1.807) is 11.1 Å². The van der Waals surface area contributed by atoms with Gasteiger partial charge in [0.2, 0.25) is 0 Å². The number of hydrogen-bond acceptors (Lipinski definition) is 1. The van der Waals surface area contributed by atoms with Crippen LogP contribution < -0.4 is 5.32 Å². The van der Waals surface area contributed by atoms with Gasteiger partial charge >= 0.3 is 0 Å². The summed E-state index contributed by atoms with van der Waals surface area (Å²) in [4.78, 5) is 0. The molecule has 0 heterocycles. The van der Waals surface area contributed by atoms with E-state index in [-0.39, 0.29) is 0 Å². The van der Waals surface area contributed by atoms with Crippen molar-refractivity contribution in [3.8, 4) is 0 Å². The molecule has 1 N–H and O–H groups in total. The van der Waals surface area contributed by atoms with E-state index in [4.69, 9.17) is 0 Å². The van der Waals surface area contributed by atoms with Crippen LogP contribution in [0.25, 0.3) is 0 Å². The molecule has 1 nitrogen and oxygen atoms in total. The first-order valence-corrected chi connectivity index (χ1v) is 4.98. The lowest BCUT2D eigenvalue weighted by atomic mass is 9.82. The standard InChI is InChI=1S/C11H17N/c1-12-11-8-4-6-9-5-2-3-7-10(9)11/h5,7,11-12H,2-4,6,8H2,1H3. The molecule has 1 heteroatoms. The number of nitrogens with one attached hydrogen (secondary N) is 1. The van der Waals surface area contributed by atoms with Crippen LogP contribution in [0.3, 0.4) is 0 Å². The summed E-state index contributed by atoms with van der Waals surface area (Å²) >= 11 is 0. The van der Waals surface area contributed by atoms with Crippen molar-refractivity contribution >= 4 is 0 Å². The van der Waals surface area contributed by atoms with Gasteiger partial charge in [-0.05, 0) is 50.3 Å². The van der Waals surface area contributed by atoms with Crippen LogP contribution >= 0.6 is 0 Å². The van der Waals surface area contributed by atoms with Crippen molar-refractivity contribution in [2.45, 2.75) is 38.1 Å². The summed E-state index contributed by atoms with van der Waals surface area (Å²) in [5, 5.41) is 3.39. The molecule has 1 unspecified atom stereocenters. The van der Waals surface area contributed by atoms with Gasteiger partial charge in [0.1, 0.15) is 0 Å². The van der Waals surface area contributed by atoms with E-state index in [2.05, 4.69) is 24.5 Å². The number of likely N-dealkylation sites (N-methyl/N-ethyl adjacent to an activating group) is 1. The molecule has 66 valence electrons. The monoisotopic (exact) mass is 163 g/mol. The molecule has 0 saturated heterocycles. The molecule has 1 atom stereocenters. The zero-order valence-electron chi connectivity index (χ0n) is 7.77. The molecular weight excluding hydrogens is 146 g/mol. The van der Waals surface area contributed by atoms with E-state index in [1.165, 1.54) is 32.1 Å². The van der Waals surface area contributed by atoms with Gasteiger partial charge in [-0.1, -0.05) is 12.2 Å². The Balaban J connectivity index is 2.20. The van der Waals surface area contributed by atoms with Crippen molar-refractivity contribution in [1.82, 2.24) is 5.32 Å². The summed E-state index contributed by atoms with van der Waals surface area (Å²) in [5.41, 5.74) is 3.21. The highest BCUT2D eigenvalue weighted by atomic mass is 14.9. The maximum absolute atomic E-state index is 3.39. The fourth-order valence-electron chi connectivity index (χ4n) is 2.31. The molecular formula is C11H17N. The van der Waals surface area contributed by atoms with Gasteiger partial charge in [0.25, 0.3) is 0 Å². The summed E-state index contributed by atoms with van der Waals surface area (Å²) in [5.74, 6) is 0. The van der Waals surface area contributed by atoms with E-state index in [9.17, 15) is 0 Å². The van der Waals surface area contributed by atoms with Gasteiger partial charge in [0, 0.05) is 6.04 Å². The van der Waals surface area contributed by atoms with Gasteiger partial charge in [0.15, 0.2) is 0 Å². The zero-order chi connectivity index (χ0) is 8.39. The minimum atomic E-state index is 0.644. The SMILES string of the molecule is CNC1CCCC2=CCCC=C21. The molecule has 0 aliphatic heterocycles. The summed E-state index contributed by atoms with van der Waals surface area (Å²) in [6, 6.07) is 0.644. The molecule has 0 radical (unpaired) electrons. The van der Waals surface area contributed by atoms with Gasteiger partial charge in [0.05, 0.1) is 0 Å².